The normalized spacial score (nSPS) is 20.7. The average molecular weight is 245 g/mol. The molecule has 1 unspecified atom stereocenters. The van der Waals surface area contributed by atoms with Gasteiger partial charge in [0.15, 0.2) is 0 Å². The maximum atomic E-state index is 4.32. The SMILES string of the molecule is Cl.c1ccc(CSC2CCCNC2)nc1. The molecule has 1 aromatic heterocycles. The number of nitrogens with zero attached hydrogens (tertiary/aromatic N) is 1. The quantitative estimate of drug-likeness (QED) is 0.885. The van der Waals surface area contributed by atoms with E-state index in [2.05, 4.69) is 22.4 Å². The van der Waals surface area contributed by atoms with Gasteiger partial charge in [0.05, 0.1) is 5.69 Å². The Bertz CT molecular complexity index is 263. The van der Waals surface area contributed by atoms with Gasteiger partial charge in [-0.25, -0.2) is 0 Å². The second-order valence-electron chi connectivity index (χ2n) is 3.60. The summed E-state index contributed by atoms with van der Waals surface area (Å²) in [5, 5.41) is 4.21. The van der Waals surface area contributed by atoms with Gasteiger partial charge in [-0.05, 0) is 31.5 Å². The molecule has 1 atom stereocenters. The van der Waals surface area contributed by atoms with E-state index in [1.165, 1.54) is 25.1 Å². The summed E-state index contributed by atoms with van der Waals surface area (Å²) in [6.07, 6.45) is 4.54. The lowest BCUT2D eigenvalue weighted by Crippen LogP contribution is -2.31. The van der Waals surface area contributed by atoms with Crippen LogP contribution in [0, 0.1) is 0 Å². The maximum Gasteiger partial charge on any atom is 0.0502 e. The van der Waals surface area contributed by atoms with Crippen LogP contribution in [0.2, 0.25) is 0 Å². The van der Waals surface area contributed by atoms with Crippen LogP contribution in [-0.4, -0.2) is 23.3 Å². The van der Waals surface area contributed by atoms with E-state index in [4.69, 9.17) is 0 Å². The van der Waals surface area contributed by atoms with Crippen molar-refractivity contribution >= 4 is 24.2 Å². The Hall–Kier alpha value is -0.250. The van der Waals surface area contributed by atoms with E-state index in [-0.39, 0.29) is 12.4 Å². The summed E-state index contributed by atoms with van der Waals surface area (Å²) in [4.78, 5) is 4.32. The number of hydrogen-bond acceptors (Lipinski definition) is 3. The number of pyridine rings is 1. The molecule has 1 fully saturated rings. The smallest absolute Gasteiger partial charge is 0.0502 e. The molecule has 15 heavy (non-hydrogen) atoms. The number of thioether (sulfide) groups is 1. The standard InChI is InChI=1S/C11H16N2S.ClH/c1-2-7-13-10(4-1)9-14-11-5-3-6-12-8-11;/h1-2,4,7,11-12H,3,5-6,8-9H2;1H. The van der Waals surface area contributed by atoms with Crippen LogP contribution >= 0.6 is 24.2 Å². The molecule has 1 N–H and O–H groups in total. The van der Waals surface area contributed by atoms with Crippen molar-refractivity contribution in [2.24, 2.45) is 0 Å². The maximum absolute atomic E-state index is 4.32. The van der Waals surface area contributed by atoms with Crippen molar-refractivity contribution < 1.29 is 0 Å². The summed E-state index contributed by atoms with van der Waals surface area (Å²) in [5.41, 5.74) is 1.20. The first kappa shape index (κ1) is 12.8. The largest absolute Gasteiger partial charge is 0.316 e. The third kappa shape index (κ3) is 4.41. The summed E-state index contributed by atoms with van der Waals surface area (Å²) >= 11 is 2.03. The lowest BCUT2D eigenvalue weighted by molar-refractivity contribution is 0.531. The highest BCUT2D eigenvalue weighted by Crippen LogP contribution is 2.21. The Labute approximate surface area is 102 Å². The van der Waals surface area contributed by atoms with E-state index >= 15 is 0 Å². The fourth-order valence-corrected chi connectivity index (χ4v) is 2.80. The first-order valence-electron chi connectivity index (χ1n) is 5.17. The van der Waals surface area contributed by atoms with Gasteiger partial charge in [-0.15, -0.1) is 12.4 Å². The number of halogens is 1. The van der Waals surface area contributed by atoms with E-state index < -0.39 is 0 Å². The van der Waals surface area contributed by atoms with Crippen LogP contribution in [-0.2, 0) is 5.75 Å². The van der Waals surface area contributed by atoms with Crippen LogP contribution < -0.4 is 5.32 Å². The number of aromatic nitrogens is 1. The summed E-state index contributed by atoms with van der Waals surface area (Å²) in [6, 6.07) is 6.13. The monoisotopic (exact) mass is 244 g/mol. The molecule has 0 aromatic carbocycles. The van der Waals surface area contributed by atoms with E-state index in [9.17, 15) is 0 Å². The molecule has 1 saturated heterocycles. The Morgan fingerprint density at radius 1 is 1.47 bits per heavy atom. The molecule has 0 bridgehead atoms. The highest BCUT2D eigenvalue weighted by atomic mass is 35.5. The molecule has 4 heteroatoms. The first-order chi connectivity index (χ1) is 6.95. The van der Waals surface area contributed by atoms with E-state index in [1.807, 2.05) is 24.0 Å². The Kier molecular flexibility index (Phi) is 6.06. The van der Waals surface area contributed by atoms with E-state index in [0.29, 0.717) is 0 Å². The van der Waals surface area contributed by atoms with Crippen molar-refractivity contribution in [3.63, 3.8) is 0 Å². The predicted octanol–water partition coefficient (Wildman–Crippen LogP) is 2.49. The van der Waals surface area contributed by atoms with E-state index in [1.54, 1.807) is 0 Å². The molecular weight excluding hydrogens is 228 g/mol. The zero-order valence-electron chi connectivity index (χ0n) is 8.69. The first-order valence-corrected chi connectivity index (χ1v) is 6.22. The van der Waals surface area contributed by atoms with Gasteiger partial charge in [0.2, 0.25) is 0 Å². The van der Waals surface area contributed by atoms with Gasteiger partial charge in [-0.2, -0.15) is 11.8 Å². The fourth-order valence-electron chi connectivity index (χ4n) is 1.65. The van der Waals surface area contributed by atoms with Crippen molar-refractivity contribution in [2.45, 2.75) is 23.8 Å². The minimum absolute atomic E-state index is 0. The second-order valence-corrected chi connectivity index (χ2v) is 4.89. The van der Waals surface area contributed by atoms with Crippen LogP contribution in [0.25, 0.3) is 0 Å². The van der Waals surface area contributed by atoms with Crippen LogP contribution in [0.5, 0.6) is 0 Å². The number of hydrogen-bond donors (Lipinski definition) is 1. The van der Waals surface area contributed by atoms with Crippen LogP contribution in [0.4, 0.5) is 0 Å². The van der Waals surface area contributed by atoms with Gasteiger partial charge in [-0.1, -0.05) is 6.07 Å². The number of piperidine rings is 1. The lowest BCUT2D eigenvalue weighted by atomic mass is 10.2. The van der Waals surface area contributed by atoms with Gasteiger partial charge < -0.3 is 5.32 Å². The third-order valence-corrected chi connectivity index (χ3v) is 3.78. The van der Waals surface area contributed by atoms with Crippen LogP contribution in [0.1, 0.15) is 18.5 Å². The molecule has 2 heterocycles. The van der Waals surface area contributed by atoms with Gasteiger partial charge in [0.1, 0.15) is 0 Å². The van der Waals surface area contributed by atoms with Crippen molar-refractivity contribution in [2.75, 3.05) is 13.1 Å². The van der Waals surface area contributed by atoms with Gasteiger partial charge in [-0.3, -0.25) is 4.98 Å². The van der Waals surface area contributed by atoms with Crippen molar-refractivity contribution in [1.29, 1.82) is 0 Å². The second kappa shape index (κ2) is 7.09. The Balaban J connectivity index is 0.00000112. The van der Waals surface area contributed by atoms with Crippen molar-refractivity contribution in [3.8, 4) is 0 Å². The number of nitrogens with one attached hydrogen (secondary N) is 1. The van der Waals surface area contributed by atoms with Crippen molar-refractivity contribution in [1.82, 2.24) is 10.3 Å². The van der Waals surface area contributed by atoms with Gasteiger partial charge >= 0.3 is 0 Å². The zero-order chi connectivity index (χ0) is 9.64. The fraction of sp³-hybridized carbons (Fsp3) is 0.545. The van der Waals surface area contributed by atoms with Crippen LogP contribution in [0.15, 0.2) is 24.4 Å². The molecule has 1 aliphatic heterocycles. The summed E-state index contributed by atoms with van der Waals surface area (Å²) in [5.74, 6) is 1.05. The molecule has 0 saturated carbocycles. The Morgan fingerprint density at radius 3 is 3.07 bits per heavy atom. The predicted molar refractivity (Wildman–Crippen MR) is 68.7 cm³/mol. The minimum atomic E-state index is 0. The molecule has 2 rings (SSSR count). The summed E-state index contributed by atoms with van der Waals surface area (Å²) in [6.45, 7) is 2.36. The Morgan fingerprint density at radius 2 is 2.40 bits per heavy atom. The molecule has 0 spiro atoms. The summed E-state index contributed by atoms with van der Waals surface area (Å²) in [7, 11) is 0. The summed E-state index contributed by atoms with van der Waals surface area (Å²) < 4.78 is 0. The molecule has 2 nitrogen and oxygen atoms in total. The molecule has 1 aromatic rings. The van der Waals surface area contributed by atoms with Crippen LogP contribution in [0.3, 0.4) is 0 Å². The third-order valence-electron chi connectivity index (χ3n) is 2.44. The molecular formula is C11H17ClN2S. The highest BCUT2D eigenvalue weighted by molar-refractivity contribution is 7.99. The van der Waals surface area contributed by atoms with Gasteiger partial charge in [0, 0.05) is 23.7 Å². The number of rotatable bonds is 3. The van der Waals surface area contributed by atoms with Crippen molar-refractivity contribution in [3.05, 3.63) is 30.1 Å². The average Bonchev–Trinajstić information content (AvgIpc) is 2.29. The topological polar surface area (TPSA) is 24.9 Å². The lowest BCUT2D eigenvalue weighted by Gasteiger charge is -2.21. The molecule has 0 amide bonds. The molecule has 0 aliphatic carbocycles. The zero-order valence-corrected chi connectivity index (χ0v) is 10.3. The van der Waals surface area contributed by atoms with E-state index in [0.717, 1.165) is 17.5 Å². The highest BCUT2D eigenvalue weighted by Gasteiger charge is 2.12. The van der Waals surface area contributed by atoms with Gasteiger partial charge in [0.25, 0.3) is 0 Å². The molecule has 84 valence electrons. The molecule has 0 radical (unpaired) electrons. The minimum Gasteiger partial charge on any atom is -0.316 e. The molecule has 1 aliphatic rings.